The van der Waals surface area contributed by atoms with Crippen molar-refractivity contribution in [3.63, 3.8) is 0 Å². The number of thiocarbonyl (C=S) groups is 1. The quantitative estimate of drug-likeness (QED) is 0.555. The van der Waals surface area contributed by atoms with E-state index in [0.29, 0.717) is 10.8 Å². The number of amides is 1. The summed E-state index contributed by atoms with van der Waals surface area (Å²) in [5.74, 6) is -1.06. The van der Waals surface area contributed by atoms with E-state index < -0.39 is 11.7 Å². The minimum absolute atomic E-state index is 0.000166. The summed E-state index contributed by atoms with van der Waals surface area (Å²) in [7, 11) is 0. The fourth-order valence-electron chi connectivity index (χ4n) is 2.58. The van der Waals surface area contributed by atoms with Crippen molar-refractivity contribution in [1.29, 1.82) is 0 Å². The molecule has 0 spiro atoms. The van der Waals surface area contributed by atoms with Crippen molar-refractivity contribution in [3.8, 4) is 0 Å². The second-order valence-corrected chi connectivity index (χ2v) is 6.52. The predicted molar refractivity (Wildman–Crippen MR) is 113 cm³/mol. The summed E-state index contributed by atoms with van der Waals surface area (Å²) in [5, 5.41) is 9.45. The molecule has 1 amide bonds. The molecule has 0 bridgehead atoms. The van der Waals surface area contributed by atoms with Crippen LogP contribution < -0.4 is 16.0 Å². The molecule has 5 nitrogen and oxygen atoms in total. The van der Waals surface area contributed by atoms with Gasteiger partial charge in [0.05, 0.1) is 11.6 Å². The van der Waals surface area contributed by atoms with Crippen LogP contribution in [0.2, 0.25) is 0 Å². The summed E-state index contributed by atoms with van der Waals surface area (Å²) in [6.45, 7) is 2.00. The molecule has 0 aliphatic heterocycles. The second-order valence-electron chi connectivity index (χ2n) is 6.11. The van der Waals surface area contributed by atoms with Gasteiger partial charge in [-0.1, -0.05) is 12.1 Å². The average Bonchev–Trinajstić information content (AvgIpc) is 2.70. The number of rotatable bonds is 5. The number of benzene rings is 2. The zero-order valence-electron chi connectivity index (χ0n) is 15.1. The lowest BCUT2D eigenvalue weighted by Crippen LogP contribution is -2.30. The third-order valence-electron chi connectivity index (χ3n) is 4.07. The van der Waals surface area contributed by atoms with Gasteiger partial charge >= 0.3 is 0 Å². The summed E-state index contributed by atoms with van der Waals surface area (Å²) in [6.07, 6.45) is 3.47. The fraction of sp³-hybridized carbons (Fsp3) is 0.0952. The Morgan fingerprint density at radius 2 is 1.57 bits per heavy atom. The van der Waals surface area contributed by atoms with Crippen molar-refractivity contribution in [2.75, 3.05) is 10.6 Å². The van der Waals surface area contributed by atoms with Crippen LogP contribution in [0.3, 0.4) is 0 Å². The van der Waals surface area contributed by atoms with Gasteiger partial charge in [0.25, 0.3) is 5.91 Å². The number of nitrogens with zero attached hydrogens (tertiary/aromatic N) is 1. The molecule has 1 heterocycles. The first-order chi connectivity index (χ1) is 13.5. The van der Waals surface area contributed by atoms with Gasteiger partial charge in [-0.2, -0.15) is 0 Å². The first-order valence-corrected chi connectivity index (χ1v) is 9.07. The van der Waals surface area contributed by atoms with Crippen LogP contribution in [0, 0.1) is 5.82 Å². The summed E-state index contributed by atoms with van der Waals surface area (Å²) >= 11 is 5.34. The molecule has 3 N–H and O–H groups in total. The Balaban J connectivity index is 1.56. The molecule has 0 saturated carbocycles. The maximum Gasteiger partial charge on any atom is 0.258 e. The van der Waals surface area contributed by atoms with E-state index in [-0.39, 0.29) is 11.6 Å². The molecule has 1 aromatic heterocycles. The van der Waals surface area contributed by atoms with Gasteiger partial charge in [-0.05, 0) is 73.2 Å². The molecular formula is C21H19FN4OS. The third kappa shape index (κ3) is 5.11. The van der Waals surface area contributed by atoms with Crippen molar-refractivity contribution < 1.29 is 9.18 Å². The molecule has 0 radical (unpaired) electrons. The van der Waals surface area contributed by atoms with E-state index in [1.54, 1.807) is 48.8 Å². The van der Waals surface area contributed by atoms with E-state index >= 15 is 0 Å². The van der Waals surface area contributed by atoms with Crippen LogP contribution in [0.4, 0.5) is 15.8 Å². The van der Waals surface area contributed by atoms with Crippen LogP contribution >= 0.6 is 12.2 Å². The molecular weight excluding hydrogens is 375 g/mol. The van der Waals surface area contributed by atoms with Crippen molar-refractivity contribution in [2.45, 2.75) is 13.0 Å². The number of hydrogen-bond donors (Lipinski definition) is 3. The van der Waals surface area contributed by atoms with Crippen molar-refractivity contribution >= 4 is 34.6 Å². The fourth-order valence-corrected chi connectivity index (χ4v) is 2.87. The predicted octanol–water partition coefficient (Wildman–Crippen LogP) is 4.52. The number of anilines is 2. The van der Waals surface area contributed by atoms with Gasteiger partial charge in [-0.15, -0.1) is 0 Å². The van der Waals surface area contributed by atoms with E-state index in [1.165, 1.54) is 12.1 Å². The minimum Gasteiger partial charge on any atom is -0.356 e. The average molecular weight is 394 g/mol. The molecule has 28 heavy (non-hydrogen) atoms. The van der Waals surface area contributed by atoms with Gasteiger partial charge < -0.3 is 16.0 Å². The lowest BCUT2D eigenvalue weighted by atomic mass is 10.1. The summed E-state index contributed by atoms with van der Waals surface area (Å²) in [5.41, 5.74) is 2.40. The monoisotopic (exact) mass is 394 g/mol. The lowest BCUT2D eigenvalue weighted by Gasteiger charge is -2.17. The minimum atomic E-state index is -0.557. The molecule has 0 aliphatic carbocycles. The van der Waals surface area contributed by atoms with Crippen LogP contribution in [-0.2, 0) is 0 Å². The highest BCUT2D eigenvalue weighted by molar-refractivity contribution is 7.80. The van der Waals surface area contributed by atoms with Gasteiger partial charge in [-0.25, -0.2) is 4.39 Å². The Labute approximate surface area is 168 Å². The molecule has 0 fully saturated rings. The van der Waals surface area contributed by atoms with Gasteiger partial charge in [0.1, 0.15) is 5.82 Å². The topological polar surface area (TPSA) is 66.0 Å². The molecule has 0 saturated heterocycles. The first-order valence-electron chi connectivity index (χ1n) is 8.66. The third-order valence-corrected chi connectivity index (χ3v) is 4.29. The van der Waals surface area contributed by atoms with E-state index in [1.807, 2.05) is 19.1 Å². The highest BCUT2D eigenvalue weighted by atomic mass is 32.1. The SMILES string of the molecule is CC(NC(=S)Nc1ccc(NC(=O)c2ccccc2F)cc1)c1ccncc1. The lowest BCUT2D eigenvalue weighted by molar-refractivity contribution is 0.102. The number of carbonyl (C=O) groups is 1. The number of hydrogen-bond acceptors (Lipinski definition) is 3. The molecule has 0 aliphatic rings. The smallest absolute Gasteiger partial charge is 0.258 e. The molecule has 2 aromatic carbocycles. The highest BCUT2D eigenvalue weighted by Gasteiger charge is 2.11. The summed E-state index contributed by atoms with van der Waals surface area (Å²) in [6, 6.07) is 16.7. The molecule has 3 aromatic rings. The zero-order valence-corrected chi connectivity index (χ0v) is 16.0. The maximum atomic E-state index is 13.7. The van der Waals surface area contributed by atoms with Crippen LogP contribution in [0.5, 0.6) is 0 Å². The molecule has 7 heteroatoms. The zero-order chi connectivity index (χ0) is 19.9. The van der Waals surface area contributed by atoms with Crippen molar-refractivity contribution in [1.82, 2.24) is 10.3 Å². The highest BCUT2D eigenvalue weighted by Crippen LogP contribution is 2.16. The Bertz CT molecular complexity index is 964. The van der Waals surface area contributed by atoms with Gasteiger partial charge in [0.15, 0.2) is 5.11 Å². The van der Waals surface area contributed by atoms with E-state index in [0.717, 1.165) is 11.3 Å². The van der Waals surface area contributed by atoms with Gasteiger partial charge in [0, 0.05) is 23.8 Å². The Morgan fingerprint density at radius 3 is 2.21 bits per heavy atom. The van der Waals surface area contributed by atoms with Crippen LogP contribution in [0.15, 0.2) is 73.1 Å². The van der Waals surface area contributed by atoms with Gasteiger partial charge in [-0.3, -0.25) is 9.78 Å². The van der Waals surface area contributed by atoms with Crippen LogP contribution in [0.25, 0.3) is 0 Å². The second kappa shape index (κ2) is 9.05. The molecule has 1 unspecified atom stereocenters. The van der Waals surface area contributed by atoms with E-state index in [9.17, 15) is 9.18 Å². The summed E-state index contributed by atoms with van der Waals surface area (Å²) in [4.78, 5) is 16.2. The van der Waals surface area contributed by atoms with Crippen molar-refractivity contribution in [2.24, 2.45) is 0 Å². The van der Waals surface area contributed by atoms with Gasteiger partial charge in [0.2, 0.25) is 0 Å². The van der Waals surface area contributed by atoms with Crippen LogP contribution in [-0.4, -0.2) is 16.0 Å². The number of aromatic nitrogens is 1. The van der Waals surface area contributed by atoms with Crippen molar-refractivity contribution in [3.05, 3.63) is 90.0 Å². The number of halogens is 1. The number of carbonyl (C=O) groups excluding carboxylic acids is 1. The normalized spacial score (nSPS) is 11.4. The molecule has 3 rings (SSSR count). The maximum absolute atomic E-state index is 13.7. The number of nitrogens with one attached hydrogen (secondary N) is 3. The van der Waals surface area contributed by atoms with E-state index in [2.05, 4.69) is 20.9 Å². The first kappa shape index (κ1) is 19.4. The molecule has 142 valence electrons. The Morgan fingerprint density at radius 1 is 0.964 bits per heavy atom. The number of pyridine rings is 1. The van der Waals surface area contributed by atoms with Crippen LogP contribution in [0.1, 0.15) is 28.9 Å². The Kier molecular flexibility index (Phi) is 6.29. The van der Waals surface area contributed by atoms with E-state index in [4.69, 9.17) is 12.2 Å². The standard InChI is InChI=1S/C21H19FN4OS/c1-14(15-10-12-23-13-11-15)24-21(28)26-17-8-6-16(7-9-17)25-20(27)18-4-2-3-5-19(18)22/h2-14H,1H3,(H,25,27)(H2,24,26,28). The molecule has 1 atom stereocenters. The summed E-state index contributed by atoms with van der Waals surface area (Å²) < 4.78 is 13.7. The largest absolute Gasteiger partial charge is 0.356 e. The Hall–Kier alpha value is -3.32.